The van der Waals surface area contributed by atoms with Crippen molar-refractivity contribution in [1.29, 1.82) is 0 Å². The van der Waals surface area contributed by atoms with Crippen molar-refractivity contribution in [3.05, 3.63) is 24.0 Å². The van der Waals surface area contributed by atoms with Crippen LogP contribution in [0.3, 0.4) is 0 Å². The Kier molecular flexibility index (Phi) is 5.78. The first kappa shape index (κ1) is 14.9. The number of aliphatic carboxylic acids is 1. The summed E-state index contributed by atoms with van der Waals surface area (Å²) in [5, 5.41) is 14.1. The van der Waals surface area contributed by atoms with E-state index in [0.717, 1.165) is 18.4 Å². The van der Waals surface area contributed by atoms with E-state index in [-0.39, 0.29) is 0 Å². The number of carboxylic acids is 1. The van der Waals surface area contributed by atoms with Gasteiger partial charge >= 0.3 is 12.0 Å². The van der Waals surface area contributed by atoms with Crippen LogP contribution in [0.1, 0.15) is 31.7 Å². The summed E-state index contributed by atoms with van der Waals surface area (Å²) in [6.45, 7) is 3.81. The maximum Gasteiger partial charge on any atom is 0.326 e. The molecule has 0 aromatic carbocycles. The average molecular weight is 265 g/mol. The van der Waals surface area contributed by atoms with E-state index < -0.39 is 18.0 Å². The number of aromatic nitrogens is 1. The Morgan fingerprint density at radius 1 is 1.47 bits per heavy atom. The maximum atomic E-state index is 11.7. The van der Waals surface area contributed by atoms with E-state index in [9.17, 15) is 9.59 Å². The fraction of sp³-hybridized carbons (Fsp3) is 0.462. The van der Waals surface area contributed by atoms with Crippen molar-refractivity contribution in [3.8, 4) is 0 Å². The predicted molar refractivity (Wildman–Crippen MR) is 72.1 cm³/mol. The summed E-state index contributed by atoms with van der Waals surface area (Å²) in [4.78, 5) is 26.6. The highest BCUT2D eigenvalue weighted by atomic mass is 16.4. The van der Waals surface area contributed by atoms with Gasteiger partial charge in [-0.1, -0.05) is 19.8 Å². The van der Waals surface area contributed by atoms with Gasteiger partial charge in [-0.2, -0.15) is 0 Å². The summed E-state index contributed by atoms with van der Waals surface area (Å²) in [6.07, 6.45) is 5.21. The van der Waals surface area contributed by atoms with Crippen molar-refractivity contribution >= 4 is 17.7 Å². The van der Waals surface area contributed by atoms with Gasteiger partial charge in [0.15, 0.2) is 0 Å². The van der Waals surface area contributed by atoms with Gasteiger partial charge in [-0.3, -0.25) is 4.98 Å². The first-order chi connectivity index (χ1) is 9.04. The second kappa shape index (κ2) is 7.35. The number of anilines is 1. The Labute approximate surface area is 112 Å². The molecule has 0 radical (unpaired) electrons. The van der Waals surface area contributed by atoms with E-state index >= 15 is 0 Å². The smallest absolute Gasteiger partial charge is 0.326 e. The molecule has 2 amide bonds. The topological polar surface area (TPSA) is 91.3 Å². The lowest BCUT2D eigenvalue weighted by molar-refractivity contribution is -0.139. The molecule has 6 heteroatoms. The number of hydrogen-bond donors (Lipinski definition) is 3. The van der Waals surface area contributed by atoms with Crippen molar-refractivity contribution in [2.75, 3.05) is 5.32 Å². The third-order valence-corrected chi connectivity index (χ3v) is 2.74. The van der Waals surface area contributed by atoms with Gasteiger partial charge < -0.3 is 15.7 Å². The van der Waals surface area contributed by atoms with Crippen LogP contribution in [0, 0.1) is 6.92 Å². The van der Waals surface area contributed by atoms with Crippen molar-refractivity contribution in [2.24, 2.45) is 0 Å². The molecule has 1 unspecified atom stereocenters. The standard InChI is InChI=1S/C13H19N3O3/c1-3-4-5-10(12(17)18)15-13(19)16-11-8-14-7-6-9(11)2/h6-8,10H,3-5H2,1-2H3,(H,17,18)(H2,15,16,19). The number of carboxylic acid groups (broad SMARTS) is 1. The normalized spacial score (nSPS) is 11.7. The molecule has 0 aliphatic carbocycles. The number of pyridine rings is 1. The third kappa shape index (κ3) is 4.95. The lowest BCUT2D eigenvalue weighted by Gasteiger charge is -2.15. The average Bonchev–Trinajstić information content (AvgIpc) is 2.37. The zero-order chi connectivity index (χ0) is 14.3. The highest BCUT2D eigenvalue weighted by Crippen LogP contribution is 2.11. The second-order valence-corrected chi connectivity index (χ2v) is 4.32. The summed E-state index contributed by atoms with van der Waals surface area (Å²) in [5.41, 5.74) is 1.44. The number of hydrogen-bond acceptors (Lipinski definition) is 3. The molecule has 0 spiro atoms. The van der Waals surface area contributed by atoms with E-state index in [2.05, 4.69) is 15.6 Å². The van der Waals surface area contributed by atoms with Crippen LogP contribution in [-0.4, -0.2) is 28.1 Å². The van der Waals surface area contributed by atoms with Gasteiger partial charge in [0.1, 0.15) is 6.04 Å². The molecular formula is C13H19N3O3. The molecule has 0 aliphatic heterocycles. The molecule has 1 rings (SSSR count). The van der Waals surface area contributed by atoms with Crippen LogP contribution in [0.5, 0.6) is 0 Å². The number of nitrogens with one attached hydrogen (secondary N) is 2. The van der Waals surface area contributed by atoms with E-state index in [1.54, 1.807) is 12.3 Å². The molecule has 1 aromatic rings. The monoisotopic (exact) mass is 265 g/mol. The van der Waals surface area contributed by atoms with Crippen molar-refractivity contribution in [1.82, 2.24) is 10.3 Å². The zero-order valence-corrected chi connectivity index (χ0v) is 11.1. The van der Waals surface area contributed by atoms with E-state index in [0.29, 0.717) is 12.1 Å². The van der Waals surface area contributed by atoms with Crippen LogP contribution in [0.4, 0.5) is 10.5 Å². The first-order valence-corrected chi connectivity index (χ1v) is 6.25. The molecule has 6 nitrogen and oxygen atoms in total. The van der Waals surface area contributed by atoms with Gasteiger partial charge in [0.2, 0.25) is 0 Å². The Morgan fingerprint density at radius 3 is 2.79 bits per heavy atom. The van der Waals surface area contributed by atoms with Crippen molar-refractivity contribution < 1.29 is 14.7 Å². The van der Waals surface area contributed by atoms with E-state index in [4.69, 9.17) is 5.11 Å². The van der Waals surface area contributed by atoms with Crippen LogP contribution in [-0.2, 0) is 4.79 Å². The summed E-state index contributed by atoms with van der Waals surface area (Å²) in [6, 6.07) is 0.373. The molecule has 1 atom stereocenters. The minimum atomic E-state index is -1.02. The van der Waals surface area contributed by atoms with Crippen molar-refractivity contribution in [3.63, 3.8) is 0 Å². The number of carbonyl (C=O) groups is 2. The van der Waals surface area contributed by atoms with Crippen LogP contribution < -0.4 is 10.6 Å². The number of nitrogens with zero attached hydrogens (tertiary/aromatic N) is 1. The molecular weight excluding hydrogens is 246 g/mol. The number of carbonyl (C=O) groups excluding carboxylic acids is 1. The third-order valence-electron chi connectivity index (χ3n) is 2.74. The highest BCUT2D eigenvalue weighted by Gasteiger charge is 2.19. The van der Waals surface area contributed by atoms with E-state index in [1.807, 2.05) is 13.8 Å². The molecule has 3 N–H and O–H groups in total. The van der Waals surface area contributed by atoms with Gasteiger partial charge in [-0.05, 0) is 25.0 Å². The molecule has 0 saturated carbocycles. The van der Waals surface area contributed by atoms with Gasteiger partial charge in [0, 0.05) is 6.20 Å². The lowest BCUT2D eigenvalue weighted by Crippen LogP contribution is -2.43. The van der Waals surface area contributed by atoms with E-state index in [1.165, 1.54) is 6.20 Å². The molecule has 0 bridgehead atoms. The van der Waals surface area contributed by atoms with Crippen LogP contribution in [0.15, 0.2) is 18.5 Å². The SMILES string of the molecule is CCCCC(NC(=O)Nc1cnccc1C)C(=O)O. The zero-order valence-electron chi connectivity index (χ0n) is 11.1. The van der Waals surface area contributed by atoms with Crippen LogP contribution >= 0.6 is 0 Å². The predicted octanol–water partition coefficient (Wildman–Crippen LogP) is 2.15. The van der Waals surface area contributed by atoms with Crippen LogP contribution in [0.25, 0.3) is 0 Å². The first-order valence-electron chi connectivity index (χ1n) is 6.25. The maximum absolute atomic E-state index is 11.7. The Morgan fingerprint density at radius 2 is 2.21 bits per heavy atom. The van der Waals surface area contributed by atoms with Crippen molar-refractivity contribution in [2.45, 2.75) is 39.2 Å². The summed E-state index contributed by atoms with van der Waals surface area (Å²) in [5.74, 6) is -1.02. The van der Waals surface area contributed by atoms with Crippen LogP contribution in [0.2, 0.25) is 0 Å². The van der Waals surface area contributed by atoms with Gasteiger partial charge in [0.05, 0.1) is 11.9 Å². The summed E-state index contributed by atoms with van der Waals surface area (Å²) in [7, 11) is 0. The molecule has 19 heavy (non-hydrogen) atoms. The number of amides is 2. The fourth-order valence-electron chi connectivity index (χ4n) is 1.58. The minimum Gasteiger partial charge on any atom is -0.480 e. The Bertz CT molecular complexity index is 449. The van der Waals surface area contributed by atoms with Gasteiger partial charge in [0.25, 0.3) is 0 Å². The largest absolute Gasteiger partial charge is 0.480 e. The Balaban J connectivity index is 2.58. The lowest BCUT2D eigenvalue weighted by atomic mass is 10.1. The fourth-order valence-corrected chi connectivity index (χ4v) is 1.58. The van der Waals surface area contributed by atoms with Gasteiger partial charge in [-0.15, -0.1) is 0 Å². The molecule has 104 valence electrons. The number of rotatable bonds is 6. The second-order valence-electron chi connectivity index (χ2n) is 4.32. The number of unbranched alkanes of at least 4 members (excludes halogenated alkanes) is 1. The molecule has 1 aromatic heterocycles. The summed E-state index contributed by atoms with van der Waals surface area (Å²) < 4.78 is 0. The Hall–Kier alpha value is -2.11. The number of aryl methyl sites for hydroxylation is 1. The molecule has 0 fully saturated rings. The quantitative estimate of drug-likeness (QED) is 0.735. The molecule has 0 saturated heterocycles. The van der Waals surface area contributed by atoms with Gasteiger partial charge in [-0.25, -0.2) is 9.59 Å². The molecule has 0 aliphatic rings. The minimum absolute atomic E-state index is 0.422. The number of urea groups is 1. The highest BCUT2D eigenvalue weighted by molar-refractivity contribution is 5.92. The molecule has 1 heterocycles. The summed E-state index contributed by atoms with van der Waals surface area (Å²) >= 11 is 0.